The summed E-state index contributed by atoms with van der Waals surface area (Å²) >= 11 is 0. The molecule has 1 rings (SSSR count). The number of hydrogen-bond acceptors (Lipinski definition) is 2. The summed E-state index contributed by atoms with van der Waals surface area (Å²) in [6, 6.07) is 0. The van der Waals surface area contributed by atoms with Crippen molar-refractivity contribution in [2.24, 2.45) is 11.8 Å². The van der Waals surface area contributed by atoms with Gasteiger partial charge in [0.05, 0.1) is 0 Å². The fourth-order valence-electron chi connectivity index (χ4n) is 1.80. The van der Waals surface area contributed by atoms with Crippen molar-refractivity contribution in [1.29, 1.82) is 0 Å². The molecule has 1 amide bonds. The van der Waals surface area contributed by atoms with Crippen LogP contribution in [0.2, 0.25) is 0 Å². The highest BCUT2D eigenvalue weighted by molar-refractivity contribution is 5.79. The number of carbonyl (C=O) groups excluding carboxylic acids is 1. The van der Waals surface area contributed by atoms with E-state index in [2.05, 4.69) is 5.32 Å². The third-order valence-electron chi connectivity index (χ3n) is 3.61. The van der Waals surface area contributed by atoms with Crippen molar-refractivity contribution in [2.45, 2.75) is 52.0 Å². The second-order valence-corrected chi connectivity index (χ2v) is 5.00. The Labute approximate surface area is 92.3 Å². The summed E-state index contributed by atoms with van der Waals surface area (Å²) in [5.74, 6) is 0.880. The number of rotatable bonds is 6. The van der Waals surface area contributed by atoms with Crippen molar-refractivity contribution in [3.05, 3.63) is 0 Å². The molecular weight excluding hydrogens is 190 g/mol. The van der Waals surface area contributed by atoms with Crippen LogP contribution in [0.4, 0.5) is 0 Å². The average molecular weight is 213 g/mol. The van der Waals surface area contributed by atoms with Gasteiger partial charge in [-0.1, -0.05) is 13.8 Å². The third kappa shape index (κ3) is 3.49. The first kappa shape index (κ1) is 12.5. The van der Waals surface area contributed by atoms with Crippen LogP contribution in [0.3, 0.4) is 0 Å². The van der Waals surface area contributed by atoms with Gasteiger partial charge in [0.25, 0.3) is 0 Å². The number of amides is 1. The van der Waals surface area contributed by atoms with E-state index in [1.54, 1.807) is 0 Å². The molecule has 0 radical (unpaired) electrons. The van der Waals surface area contributed by atoms with Gasteiger partial charge in [-0.15, -0.1) is 0 Å². The van der Waals surface area contributed by atoms with Crippen LogP contribution < -0.4 is 5.32 Å². The molecule has 15 heavy (non-hydrogen) atoms. The monoisotopic (exact) mass is 213 g/mol. The van der Waals surface area contributed by atoms with E-state index in [0.717, 1.165) is 6.42 Å². The molecule has 88 valence electrons. The molecule has 1 saturated carbocycles. The molecule has 2 unspecified atom stereocenters. The number of aliphatic hydroxyl groups is 1. The van der Waals surface area contributed by atoms with Gasteiger partial charge >= 0.3 is 0 Å². The summed E-state index contributed by atoms with van der Waals surface area (Å²) in [4.78, 5) is 11.9. The third-order valence-corrected chi connectivity index (χ3v) is 3.61. The van der Waals surface area contributed by atoms with Gasteiger partial charge in [0, 0.05) is 18.1 Å². The van der Waals surface area contributed by atoms with Gasteiger partial charge in [0.1, 0.15) is 0 Å². The SMILES string of the molecule is CCC(C)(CCO)NC(=O)C(C)C1CC1. The molecule has 0 saturated heterocycles. The number of hydrogen-bond donors (Lipinski definition) is 2. The molecule has 0 bridgehead atoms. The van der Waals surface area contributed by atoms with Crippen molar-refractivity contribution < 1.29 is 9.90 Å². The highest BCUT2D eigenvalue weighted by atomic mass is 16.3. The normalized spacial score (nSPS) is 21.9. The number of nitrogens with one attached hydrogen (secondary N) is 1. The zero-order chi connectivity index (χ0) is 11.5. The van der Waals surface area contributed by atoms with Gasteiger partial charge in [-0.25, -0.2) is 0 Å². The Kier molecular flexibility index (Phi) is 4.14. The standard InChI is InChI=1S/C12H23NO2/c1-4-12(3,7-8-14)13-11(15)9(2)10-5-6-10/h9-10,14H,4-8H2,1-3H3,(H,13,15). The summed E-state index contributed by atoms with van der Waals surface area (Å²) in [5, 5.41) is 12.0. The Bertz CT molecular complexity index is 226. The lowest BCUT2D eigenvalue weighted by Crippen LogP contribution is -2.48. The maximum atomic E-state index is 11.9. The van der Waals surface area contributed by atoms with Crippen molar-refractivity contribution in [3.8, 4) is 0 Å². The minimum absolute atomic E-state index is 0.127. The molecule has 0 aromatic heterocycles. The average Bonchev–Trinajstić information content (AvgIpc) is 3.00. The smallest absolute Gasteiger partial charge is 0.223 e. The molecule has 1 aliphatic carbocycles. The van der Waals surface area contributed by atoms with Crippen LogP contribution in [0.5, 0.6) is 0 Å². The Hall–Kier alpha value is -0.570. The lowest BCUT2D eigenvalue weighted by molar-refractivity contribution is -0.127. The van der Waals surface area contributed by atoms with Crippen LogP contribution in [0.25, 0.3) is 0 Å². The lowest BCUT2D eigenvalue weighted by atomic mass is 9.93. The molecule has 0 aromatic carbocycles. The number of aliphatic hydroxyl groups excluding tert-OH is 1. The summed E-state index contributed by atoms with van der Waals surface area (Å²) < 4.78 is 0. The molecule has 2 atom stereocenters. The summed E-state index contributed by atoms with van der Waals surface area (Å²) in [7, 11) is 0. The summed E-state index contributed by atoms with van der Waals surface area (Å²) in [6.45, 7) is 6.17. The van der Waals surface area contributed by atoms with Crippen LogP contribution in [0.1, 0.15) is 46.5 Å². The van der Waals surface area contributed by atoms with Crippen molar-refractivity contribution >= 4 is 5.91 Å². The van der Waals surface area contributed by atoms with E-state index in [-0.39, 0.29) is 24.0 Å². The minimum Gasteiger partial charge on any atom is -0.396 e. The molecule has 1 aliphatic rings. The second kappa shape index (κ2) is 4.97. The summed E-state index contributed by atoms with van der Waals surface area (Å²) in [5.41, 5.74) is -0.241. The van der Waals surface area contributed by atoms with E-state index in [4.69, 9.17) is 5.11 Å². The Morgan fingerprint density at radius 3 is 2.60 bits per heavy atom. The van der Waals surface area contributed by atoms with Crippen LogP contribution in [0, 0.1) is 11.8 Å². The minimum atomic E-state index is -0.241. The molecule has 3 nitrogen and oxygen atoms in total. The van der Waals surface area contributed by atoms with Crippen LogP contribution >= 0.6 is 0 Å². The quantitative estimate of drug-likeness (QED) is 0.705. The first-order valence-electron chi connectivity index (χ1n) is 5.95. The first-order valence-corrected chi connectivity index (χ1v) is 5.95. The molecule has 2 N–H and O–H groups in total. The van der Waals surface area contributed by atoms with E-state index in [1.165, 1.54) is 12.8 Å². The topological polar surface area (TPSA) is 49.3 Å². The van der Waals surface area contributed by atoms with E-state index in [1.807, 2.05) is 20.8 Å². The van der Waals surface area contributed by atoms with Crippen LogP contribution in [-0.2, 0) is 4.79 Å². The predicted molar refractivity (Wildman–Crippen MR) is 60.4 cm³/mol. The van der Waals surface area contributed by atoms with E-state index in [9.17, 15) is 4.79 Å². The van der Waals surface area contributed by atoms with Gasteiger partial charge in [0.2, 0.25) is 5.91 Å². The van der Waals surface area contributed by atoms with Gasteiger partial charge in [-0.2, -0.15) is 0 Å². The Balaban J connectivity index is 2.46. The van der Waals surface area contributed by atoms with Gasteiger partial charge in [-0.3, -0.25) is 4.79 Å². The Morgan fingerprint density at radius 2 is 2.20 bits per heavy atom. The largest absolute Gasteiger partial charge is 0.396 e. The second-order valence-electron chi connectivity index (χ2n) is 5.00. The molecule has 3 heteroatoms. The maximum absolute atomic E-state index is 11.9. The van der Waals surface area contributed by atoms with Crippen molar-refractivity contribution in [1.82, 2.24) is 5.32 Å². The van der Waals surface area contributed by atoms with E-state index < -0.39 is 0 Å². The summed E-state index contributed by atoms with van der Waals surface area (Å²) in [6.07, 6.45) is 3.87. The van der Waals surface area contributed by atoms with Crippen molar-refractivity contribution in [3.63, 3.8) is 0 Å². The van der Waals surface area contributed by atoms with Gasteiger partial charge < -0.3 is 10.4 Å². The van der Waals surface area contributed by atoms with E-state index >= 15 is 0 Å². The number of carbonyl (C=O) groups is 1. The first-order chi connectivity index (χ1) is 7.02. The zero-order valence-corrected chi connectivity index (χ0v) is 10.0. The fraction of sp³-hybridized carbons (Fsp3) is 0.917. The van der Waals surface area contributed by atoms with Crippen LogP contribution in [-0.4, -0.2) is 23.2 Å². The van der Waals surface area contributed by atoms with Crippen LogP contribution in [0.15, 0.2) is 0 Å². The van der Waals surface area contributed by atoms with Gasteiger partial charge in [0.15, 0.2) is 0 Å². The molecular formula is C12H23NO2. The molecule has 0 spiro atoms. The Morgan fingerprint density at radius 1 is 1.60 bits per heavy atom. The highest BCUT2D eigenvalue weighted by Crippen LogP contribution is 2.36. The molecule has 0 heterocycles. The molecule has 1 fully saturated rings. The lowest BCUT2D eigenvalue weighted by Gasteiger charge is -2.30. The van der Waals surface area contributed by atoms with Crippen molar-refractivity contribution in [2.75, 3.05) is 6.61 Å². The van der Waals surface area contributed by atoms with Gasteiger partial charge in [-0.05, 0) is 38.5 Å². The molecule has 0 aliphatic heterocycles. The maximum Gasteiger partial charge on any atom is 0.223 e. The molecule has 0 aromatic rings. The zero-order valence-electron chi connectivity index (χ0n) is 10.0. The fourth-order valence-corrected chi connectivity index (χ4v) is 1.80. The van der Waals surface area contributed by atoms with E-state index in [0.29, 0.717) is 12.3 Å². The highest BCUT2D eigenvalue weighted by Gasteiger charge is 2.35. The predicted octanol–water partition coefficient (Wildman–Crippen LogP) is 1.70.